The first kappa shape index (κ1) is 18.4. The van der Waals surface area contributed by atoms with Crippen molar-refractivity contribution in [3.05, 3.63) is 71.4 Å². The fourth-order valence-electron chi connectivity index (χ4n) is 2.53. The molecule has 0 bridgehead atoms. The largest absolute Gasteiger partial charge is 0.497 e. The number of benzene rings is 1. The van der Waals surface area contributed by atoms with Gasteiger partial charge in [-0.2, -0.15) is 0 Å². The molecule has 0 radical (unpaired) electrons. The molecule has 0 aliphatic heterocycles. The molecule has 0 spiro atoms. The van der Waals surface area contributed by atoms with Gasteiger partial charge in [-0.25, -0.2) is 8.42 Å². The molecular weight excluding hydrogens is 368 g/mol. The molecule has 0 N–H and O–H groups in total. The topological polar surface area (TPSA) is 59.5 Å². The Morgan fingerprint density at radius 2 is 2.00 bits per heavy atom. The molecule has 2 heterocycles. The van der Waals surface area contributed by atoms with Crippen LogP contribution in [0.3, 0.4) is 0 Å². The van der Waals surface area contributed by atoms with Gasteiger partial charge in [-0.1, -0.05) is 19.1 Å². The van der Waals surface area contributed by atoms with E-state index in [1.165, 1.54) is 15.6 Å². The van der Waals surface area contributed by atoms with Crippen molar-refractivity contribution in [1.29, 1.82) is 0 Å². The molecule has 0 fully saturated rings. The zero-order valence-electron chi connectivity index (χ0n) is 14.6. The van der Waals surface area contributed by atoms with E-state index < -0.39 is 10.0 Å². The number of anilines is 1. The predicted molar refractivity (Wildman–Crippen MR) is 104 cm³/mol. The molecule has 5 nitrogen and oxygen atoms in total. The molecule has 3 rings (SSSR count). The number of rotatable bonds is 7. The molecule has 1 aromatic carbocycles. The maximum Gasteiger partial charge on any atom is 0.274 e. The Morgan fingerprint density at radius 1 is 1.15 bits per heavy atom. The Morgan fingerprint density at radius 3 is 2.65 bits per heavy atom. The summed E-state index contributed by atoms with van der Waals surface area (Å²) in [4.78, 5) is 5.13. The number of aromatic nitrogens is 1. The summed E-state index contributed by atoms with van der Waals surface area (Å²) in [6.07, 6.45) is 4.15. The zero-order chi connectivity index (χ0) is 18.6. The number of methoxy groups -OCH3 is 1. The maximum atomic E-state index is 13.3. The monoisotopic (exact) mass is 388 g/mol. The fourth-order valence-corrected chi connectivity index (χ4v) is 5.39. The average molecular weight is 389 g/mol. The van der Waals surface area contributed by atoms with Gasteiger partial charge in [0.15, 0.2) is 0 Å². The van der Waals surface area contributed by atoms with Gasteiger partial charge < -0.3 is 4.74 Å². The highest BCUT2D eigenvalue weighted by atomic mass is 32.2. The van der Waals surface area contributed by atoms with Crippen molar-refractivity contribution in [3.8, 4) is 5.75 Å². The first-order chi connectivity index (χ1) is 12.5. The summed E-state index contributed by atoms with van der Waals surface area (Å²) < 4.78 is 33.7. The second kappa shape index (κ2) is 7.88. The van der Waals surface area contributed by atoms with Crippen molar-refractivity contribution in [2.75, 3.05) is 11.4 Å². The third-order valence-electron chi connectivity index (χ3n) is 3.92. The molecule has 0 aliphatic rings. The summed E-state index contributed by atoms with van der Waals surface area (Å²) in [6, 6.07) is 14.3. The van der Waals surface area contributed by atoms with E-state index in [4.69, 9.17) is 4.74 Å². The molecule has 0 atom stereocenters. The highest BCUT2D eigenvalue weighted by Gasteiger charge is 2.27. The Balaban J connectivity index is 2.07. The number of sulfonamides is 1. The van der Waals surface area contributed by atoms with Crippen molar-refractivity contribution in [1.82, 2.24) is 4.98 Å². The molecule has 26 heavy (non-hydrogen) atoms. The van der Waals surface area contributed by atoms with Crippen LogP contribution in [0.2, 0.25) is 0 Å². The van der Waals surface area contributed by atoms with Gasteiger partial charge in [-0.05, 0) is 42.3 Å². The first-order valence-corrected chi connectivity index (χ1v) is 10.4. The SMILES string of the molecule is CCc1ccc(S(=O)(=O)N(Cc2cccnc2)c2cccc(OC)c2)s1. The van der Waals surface area contributed by atoms with E-state index in [1.54, 1.807) is 55.9 Å². The van der Waals surface area contributed by atoms with Crippen LogP contribution < -0.4 is 9.04 Å². The number of pyridine rings is 1. The van der Waals surface area contributed by atoms with E-state index in [2.05, 4.69) is 4.98 Å². The minimum atomic E-state index is -3.70. The smallest absolute Gasteiger partial charge is 0.274 e. The summed E-state index contributed by atoms with van der Waals surface area (Å²) in [5.41, 5.74) is 1.37. The van der Waals surface area contributed by atoms with Crippen LogP contribution in [0, 0.1) is 0 Å². The average Bonchev–Trinajstić information content (AvgIpc) is 3.17. The van der Waals surface area contributed by atoms with Crippen LogP contribution in [0.25, 0.3) is 0 Å². The molecule has 0 saturated carbocycles. The van der Waals surface area contributed by atoms with Crippen molar-refractivity contribution in [3.63, 3.8) is 0 Å². The minimum Gasteiger partial charge on any atom is -0.497 e. The normalized spacial score (nSPS) is 11.3. The molecule has 0 aliphatic carbocycles. The second-order valence-corrected chi connectivity index (χ2v) is 8.91. The third kappa shape index (κ3) is 3.89. The van der Waals surface area contributed by atoms with Crippen LogP contribution in [-0.4, -0.2) is 20.5 Å². The first-order valence-electron chi connectivity index (χ1n) is 8.19. The van der Waals surface area contributed by atoms with E-state index in [1.807, 2.05) is 19.1 Å². The summed E-state index contributed by atoms with van der Waals surface area (Å²) in [6.45, 7) is 2.21. The lowest BCUT2D eigenvalue weighted by Crippen LogP contribution is -2.30. The van der Waals surface area contributed by atoms with Gasteiger partial charge in [0.2, 0.25) is 0 Å². The Kier molecular flexibility index (Phi) is 5.58. The van der Waals surface area contributed by atoms with Gasteiger partial charge in [0, 0.05) is 23.3 Å². The lowest BCUT2D eigenvalue weighted by molar-refractivity contribution is 0.415. The number of ether oxygens (including phenoxy) is 1. The predicted octanol–water partition coefficient (Wildman–Crippen LogP) is 4.11. The molecule has 0 saturated heterocycles. The Labute approximate surface area is 157 Å². The number of hydrogen-bond acceptors (Lipinski definition) is 5. The van der Waals surface area contributed by atoms with Gasteiger partial charge >= 0.3 is 0 Å². The van der Waals surface area contributed by atoms with E-state index in [0.29, 0.717) is 15.6 Å². The van der Waals surface area contributed by atoms with Crippen molar-refractivity contribution < 1.29 is 13.2 Å². The van der Waals surface area contributed by atoms with Crippen LogP contribution in [0.5, 0.6) is 5.75 Å². The fraction of sp³-hybridized carbons (Fsp3) is 0.211. The van der Waals surface area contributed by atoms with E-state index in [9.17, 15) is 8.42 Å². The number of nitrogens with zero attached hydrogens (tertiary/aromatic N) is 2. The van der Waals surface area contributed by atoms with Crippen LogP contribution in [-0.2, 0) is 23.0 Å². The quantitative estimate of drug-likeness (QED) is 0.611. The van der Waals surface area contributed by atoms with Crippen LogP contribution in [0.1, 0.15) is 17.4 Å². The van der Waals surface area contributed by atoms with Gasteiger partial charge in [0.05, 0.1) is 19.3 Å². The number of hydrogen-bond donors (Lipinski definition) is 0. The van der Waals surface area contributed by atoms with E-state index in [0.717, 1.165) is 16.9 Å². The van der Waals surface area contributed by atoms with Crippen LogP contribution in [0.15, 0.2) is 65.1 Å². The van der Waals surface area contributed by atoms with Crippen LogP contribution in [0.4, 0.5) is 5.69 Å². The second-order valence-electron chi connectivity index (χ2n) is 5.65. The van der Waals surface area contributed by atoms with Crippen molar-refractivity contribution >= 4 is 27.0 Å². The summed E-state index contributed by atoms with van der Waals surface area (Å²) in [7, 11) is -2.14. The molecule has 7 heteroatoms. The summed E-state index contributed by atoms with van der Waals surface area (Å²) >= 11 is 1.31. The van der Waals surface area contributed by atoms with Gasteiger partial charge in [0.25, 0.3) is 10.0 Å². The van der Waals surface area contributed by atoms with Crippen molar-refractivity contribution in [2.45, 2.75) is 24.1 Å². The molecular formula is C19H20N2O3S2. The van der Waals surface area contributed by atoms with Gasteiger partial charge in [0.1, 0.15) is 9.96 Å². The van der Waals surface area contributed by atoms with Gasteiger partial charge in [-0.3, -0.25) is 9.29 Å². The number of aryl methyl sites for hydroxylation is 1. The summed E-state index contributed by atoms with van der Waals surface area (Å²) in [5, 5.41) is 0. The van der Waals surface area contributed by atoms with E-state index >= 15 is 0 Å². The van der Waals surface area contributed by atoms with Crippen molar-refractivity contribution in [2.24, 2.45) is 0 Å². The van der Waals surface area contributed by atoms with Crippen LogP contribution >= 0.6 is 11.3 Å². The lowest BCUT2D eigenvalue weighted by Gasteiger charge is -2.24. The van der Waals surface area contributed by atoms with E-state index in [-0.39, 0.29) is 6.54 Å². The Bertz CT molecular complexity index is 969. The standard InChI is InChI=1S/C19H20N2O3S2/c1-3-18-9-10-19(25-18)26(22,23)21(14-15-6-5-11-20-13-15)16-7-4-8-17(12-16)24-2/h4-13H,3,14H2,1-2H3. The molecule has 2 aromatic heterocycles. The molecule has 136 valence electrons. The summed E-state index contributed by atoms with van der Waals surface area (Å²) in [5.74, 6) is 0.606. The third-order valence-corrected chi connectivity index (χ3v) is 7.39. The Hall–Kier alpha value is -2.38. The minimum absolute atomic E-state index is 0.197. The number of thiophene rings is 1. The highest BCUT2D eigenvalue weighted by molar-refractivity contribution is 7.94. The zero-order valence-corrected chi connectivity index (χ0v) is 16.3. The maximum absolute atomic E-state index is 13.3. The lowest BCUT2D eigenvalue weighted by atomic mass is 10.2. The highest BCUT2D eigenvalue weighted by Crippen LogP contribution is 2.31. The molecule has 0 unspecified atom stereocenters. The molecule has 0 amide bonds. The molecule has 3 aromatic rings. The van der Waals surface area contributed by atoms with Gasteiger partial charge in [-0.15, -0.1) is 11.3 Å².